The summed E-state index contributed by atoms with van der Waals surface area (Å²) in [6.45, 7) is 4.09. The Hall–Kier alpha value is -4.57. The fourth-order valence-electron chi connectivity index (χ4n) is 4.51. The highest BCUT2D eigenvalue weighted by molar-refractivity contribution is 7.99. The summed E-state index contributed by atoms with van der Waals surface area (Å²) in [5.74, 6) is 1.22. The minimum absolute atomic E-state index is 0.0482. The highest BCUT2D eigenvalue weighted by atomic mass is 32.2. The van der Waals surface area contributed by atoms with Gasteiger partial charge < -0.3 is 24.4 Å². The summed E-state index contributed by atoms with van der Waals surface area (Å²) in [5, 5.41) is 3.49. The van der Waals surface area contributed by atoms with Crippen LogP contribution in [0.1, 0.15) is 28.6 Å². The summed E-state index contributed by atoms with van der Waals surface area (Å²) in [6, 6.07) is 22.8. The Balaban J connectivity index is 1.50. The van der Waals surface area contributed by atoms with Crippen molar-refractivity contribution in [1.82, 2.24) is 14.9 Å². The van der Waals surface area contributed by atoms with Crippen molar-refractivity contribution in [2.45, 2.75) is 31.6 Å². The molecule has 4 aromatic rings. The number of thioether (sulfide) groups is 1. The van der Waals surface area contributed by atoms with Crippen molar-refractivity contribution in [3.8, 4) is 17.2 Å². The molecule has 0 saturated carbocycles. The fourth-order valence-corrected chi connectivity index (χ4v) is 5.35. The Labute approximate surface area is 242 Å². The molecule has 0 radical (unpaired) electrons. The molecule has 0 fully saturated rings. The van der Waals surface area contributed by atoms with E-state index in [1.54, 1.807) is 54.5 Å². The van der Waals surface area contributed by atoms with Gasteiger partial charge in [-0.1, -0.05) is 48.2 Å². The Morgan fingerprint density at radius 3 is 2.37 bits per heavy atom. The van der Waals surface area contributed by atoms with Crippen molar-refractivity contribution >= 4 is 29.3 Å². The number of hydrogen-bond donors (Lipinski definition) is 1. The van der Waals surface area contributed by atoms with Gasteiger partial charge in [0, 0.05) is 23.6 Å². The number of ether oxygens (including phenoxy) is 3. The number of aromatic nitrogens is 2. The molecule has 10 heteroatoms. The monoisotopic (exact) mass is 570 g/mol. The molecule has 1 aliphatic rings. The molecule has 0 spiro atoms. The maximum absolute atomic E-state index is 14.0. The van der Waals surface area contributed by atoms with Gasteiger partial charge in [-0.25, -0.2) is 9.97 Å². The average Bonchev–Trinajstić information content (AvgIpc) is 3.44. The number of benzene rings is 3. The minimum atomic E-state index is -0.972. The second-order valence-electron chi connectivity index (χ2n) is 9.46. The maximum atomic E-state index is 14.0. The summed E-state index contributed by atoms with van der Waals surface area (Å²) in [5.41, 5.74) is 3.71. The zero-order valence-corrected chi connectivity index (χ0v) is 23.8. The van der Waals surface area contributed by atoms with Crippen LogP contribution in [-0.2, 0) is 16.1 Å². The van der Waals surface area contributed by atoms with E-state index in [2.05, 4.69) is 15.3 Å². The Bertz CT molecular complexity index is 1510. The van der Waals surface area contributed by atoms with E-state index >= 15 is 0 Å². The topological polar surface area (TPSA) is 103 Å². The Morgan fingerprint density at radius 2 is 1.66 bits per heavy atom. The Morgan fingerprint density at radius 1 is 0.951 bits per heavy atom. The lowest BCUT2D eigenvalue weighted by Gasteiger charge is -2.31. The van der Waals surface area contributed by atoms with Crippen LogP contribution in [0.3, 0.4) is 0 Å². The number of aryl methyl sites for hydroxylation is 2. The third-order valence-electron chi connectivity index (χ3n) is 6.43. The third-order valence-corrected chi connectivity index (χ3v) is 7.26. The molecule has 210 valence electrons. The van der Waals surface area contributed by atoms with E-state index in [-0.39, 0.29) is 30.9 Å². The van der Waals surface area contributed by atoms with Crippen molar-refractivity contribution in [1.29, 1.82) is 0 Å². The van der Waals surface area contributed by atoms with Gasteiger partial charge in [0.1, 0.15) is 11.8 Å². The largest absolute Gasteiger partial charge is 0.497 e. The predicted molar refractivity (Wildman–Crippen MR) is 156 cm³/mol. The highest BCUT2D eigenvalue weighted by Crippen LogP contribution is 2.37. The molecule has 1 aromatic heterocycles. The van der Waals surface area contributed by atoms with Crippen molar-refractivity contribution in [2.24, 2.45) is 0 Å². The second-order valence-corrected chi connectivity index (χ2v) is 10.4. The van der Waals surface area contributed by atoms with Crippen molar-refractivity contribution in [3.05, 3.63) is 101 Å². The number of methoxy groups -OCH3 is 1. The lowest BCUT2D eigenvalue weighted by molar-refractivity contribution is -0.137. The van der Waals surface area contributed by atoms with Crippen molar-refractivity contribution in [2.75, 3.05) is 25.0 Å². The first-order valence-electron chi connectivity index (χ1n) is 13.0. The molecule has 41 heavy (non-hydrogen) atoms. The second kappa shape index (κ2) is 12.7. The minimum Gasteiger partial charge on any atom is -0.497 e. The smallest absolute Gasteiger partial charge is 0.251 e. The molecule has 2 amide bonds. The maximum Gasteiger partial charge on any atom is 0.251 e. The fraction of sp³-hybridized carbons (Fsp3) is 0.226. The van der Waals surface area contributed by atoms with E-state index in [0.717, 1.165) is 17.0 Å². The number of hydrogen-bond acceptors (Lipinski definition) is 8. The normalized spacial score (nSPS) is 12.5. The van der Waals surface area contributed by atoms with Gasteiger partial charge in [0.15, 0.2) is 16.7 Å². The van der Waals surface area contributed by atoms with Gasteiger partial charge in [-0.05, 0) is 67.4 Å². The molecule has 0 saturated heterocycles. The number of anilines is 1. The van der Waals surface area contributed by atoms with Gasteiger partial charge in [-0.3, -0.25) is 9.59 Å². The number of carbonyl (C=O) groups excluding carboxylic acids is 2. The van der Waals surface area contributed by atoms with Crippen LogP contribution in [0, 0.1) is 13.8 Å². The summed E-state index contributed by atoms with van der Waals surface area (Å²) in [4.78, 5) is 38.5. The van der Waals surface area contributed by atoms with Crippen LogP contribution >= 0.6 is 11.8 Å². The molecule has 0 bridgehead atoms. The number of nitrogens with zero attached hydrogens (tertiary/aromatic N) is 3. The van der Waals surface area contributed by atoms with E-state index in [9.17, 15) is 9.59 Å². The lowest BCUT2D eigenvalue weighted by atomic mass is 10.0. The molecule has 3 aromatic carbocycles. The van der Waals surface area contributed by atoms with Crippen LogP contribution in [0.2, 0.25) is 0 Å². The van der Waals surface area contributed by atoms with E-state index in [1.165, 1.54) is 11.8 Å². The number of nitrogens with one attached hydrogen (secondary N) is 1. The zero-order chi connectivity index (χ0) is 28.8. The quantitative estimate of drug-likeness (QED) is 0.202. The van der Waals surface area contributed by atoms with Crippen LogP contribution in [0.15, 0.2) is 84.0 Å². The number of carbonyl (C=O) groups is 2. The molecule has 1 aliphatic heterocycles. The van der Waals surface area contributed by atoms with Crippen LogP contribution in [0.4, 0.5) is 5.69 Å². The van der Waals surface area contributed by atoms with Crippen LogP contribution in [-0.4, -0.2) is 46.3 Å². The molecule has 2 heterocycles. The van der Waals surface area contributed by atoms with Crippen molar-refractivity contribution in [3.63, 3.8) is 0 Å². The van der Waals surface area contributed by atoms with Gasteiger partial charge in [-0.2, -0.15) is 0 Å². The Kier molecular flexibility index (Phi) is 8.69. The molecular formula is C31H30N4O5S. The van der Waals surface area contributed by atoms with E-state index in [1.807, 2.05) is 50.2 Å². The first kappa shape index (κ1) is 28.0. The van der Waals surface area contributed by atoms with Gasteiger partial charge in [0.25, 0.3) is 5.91 Å². The average molecular weight is 571 g/mol. The summed E-state index contributed by atoms with van der Waals surface area (Å²) >= 11 is 1.24. The van der Waals surface area contributed by atoms with E-state index < -0.39 is 6.04 Å². The summed E-state index contributed by atoms with van der Waals surface area (Å²) in [7, 11) is 1.58. The molecule has 1 N–H and O–H groups in total. The van der Waals surface area contributed by atoms with Crippen LogP contribution < -0.4 is 19.5 Å². The SMILES string of the molecule is COc1ccc(NC(=O)[C@H](c2ccc3c(c2)OCO3)N(Cc2ccccc2)C(=O)CSc2nc(C)cc(C)n2)cc1. The zero-order valence-electron chi connectivity index (χ0n) is 23.0. The van der Waals surface area contributed by atoms with Crippen LogP contribution in [0.25, 0.3) is 0 Å². The first-order valence-corrected chi connectivity index (χ1v) is 14.0. The number of amides is 2. The lowest BCUT2D eigenvalue weighted by Crippen LogP contribution is -2.41. The molecule has 5 rings (SSSR count). The van der Waals surface area contributed by atoms with Gasteiger partial charge >= 0.3 is 0 Å². The molecular weight excluding hydrogens is 540 g/mol. The molecule has 0 aliphatic carbocycles. The van der Waals surface area contributed by atoms with E-state index in [0.29, 0.717) is 33.7 Å². The molecule has 0 unspecified atom stereocenters. The summed E-state index contributed by atoms with van der Waals surface area (Å²) in [6.07, 6.45) is 0. The van der Waals surface area contributed by atoms with Crippen molar-refractivity contribution < 1.29 is 23.8 Å². The number of rotatable bonds is 10. The molecule has 1 atom stereocenters. The standard InChI is InChI=1S/C31H30N4O5S/c1-20-15-21(2)33-31(32-20)41-18-28(36)35(17-22-7-5-4-6-8-22)29(23-9-14-26-27(16-23)40-19-39-26)30(37)34-24-10-12-25(38-3)13-11-24/h4-16,29H,17-19H2,1-3H3,(H,34,37)/t29-/m0/s1. The highest BCUT2D eigenvalue weighted by Gasteiger charge is 2.33. The van der Waals surface area contributed by atoms with E-state index in [4.69, 9.17) is 14.2 Å². The van der Waals surface area contributed by atoms with Gasteiger partial charge in [0.2, 0.25) is 12.7 Å². The predicted octanol–water partition coefficient (Wildman–Crippen LogP) is 5.33. The first-order chi connectivity index (χ1) is 19.9. The third kappa shape index (κ3) is 6.96. The van der Waals surface area contributed by atoms with Gasteiger partial charge in [0.05, 0.1) is 12.9 Å². The molecule has 9 nitrogen and oxygen atoms in total. The number of fused-ring (bicyclic) bond motifs is 1. The summed E-state index contributed by atoms with van der Waals surface area (Å²) < 4.78 is 16.3. The van der Waals surface area contributed by atoms with Crippen LogP contribution in [0.5, 0.6) is 17.2 Å². The van der Waals surface area contributed by atoms with Gasteiger partial charge in [-0.15, -0.1) is 0 Å².